The topological polar surface area (TPSA) is 101 Å². The Bertz CT molecular complexity index is 1460. The van der Waals surface area contributed by atoms with Crippen molar-refractivity contribution in [3.63, 3.8) is 0 Å². The SMILES string of the molecule is C[C@@H](NC(=O)c1ccccc1)C(=O)N1CCN(CCCOc2ccc(-c3noc(-c4ccccc4)n3)c(F)c2)CC1. The van der Waals surface area contributed by atoms with Crippen molar-refractivity contribution in [2.45, 2.75) is 19.4 Å². The fourth-order valence-electron chi connectivity index (χ4n) is 4.67. The van der Waals surface area contributed by atoms with Crippen LogP contribution in [0.25, 0.3) is 22.8 Å². The summed E-state index contributed by atoms with van der Waals surface area (Å²) in [5.41, 5.74) is 1.54. The summed E-state index contributed by atoms with van der Waals surface area (Å²) < 4.78 is 25.9. The summed E-state index contributed by atoms with van der Waals surface area (Å²) in [6, 6.07) is 22.2. The van der Waals surface area contributed by atoms with Gasteiger partial charge in [-0.3, -0.25) is 14.5 Å². The number of hydrogen-bond acceptors (Lipinski definition) is 7. The Labute approximate surface area is 237 Å². The van der Waals surface area contributed by atoms with E-state index in [0.29, 0.717) is 36.9 Å². The van der Waals surface area contributed by atoms with Gasteiger partial charge in [0.15, 0.2) is 0 Å². The molecule has 0 unspecified atom stereocenters. The highest BCUT2D eigenvalue weighted by Crippen LogP contribution is 2.26. The molecule has 1 fully saturated rings. The van der Waals surface area contributed by atoms with Crippen LogP contribution in [-0.4, -0.2) is 77.1 Å². The van der Waals surface area contributed by atoms with Gasteiger partial charge in [0.1, 0.15) is 17.6 Å². The Morgan fingerprint density at radius 1 is 1.00 bits per heavy atom. The van der Waals surface area contributed by atoms with Gasteiger partial charge in [0.2, 0.25) is 11.7 Å². The van der Waals surface area contributed by atoms with Crippen LogP contribution < -0.4 is 10.1 Å². The number of amides is 2. The molecule has 1 aliphatic rings. The number of nitrogens with one attached hydrogen (secondary N) is 1. The number of carbonyl (C=O) groups is 2. The van der Waals surface area contributed by atoms with E-state index in [0.717, 1.165) is 31.6 Å². The summed E-state index contributed by atoms with van der Waals surface area (Å²) in [4.78, 5) is 33.6. The van der Waals surface area contributed by atoms with E-state index in [9.17, 15) is 14.0 Å². The summed E-state index contributed by atoms with van der Waals surface area (Å²) in [6.45, 7) is 5.62. The summed E-state index contributed by atoms with van der Waals surface area (Å²) in [6.07, 6.45) is 0.756. The van der Waals surface area contributed by atoms with Crippen molar-refractivity contribution in [2.75, 3.05) is 39.3 Å². The average Bonchev–Trinajstić information content (AvgIpc) is 3.50. The fourth-order valence-corrected chi connectivity index (χ4v) is 4.67. The lowest BCUT2D eigenvalue weighted by Gasteiger charge is -2.36. The van der Waals surface area contributed by atoms with Gasteiger partial charge in [-0.15, -0.1) is 0 Å². The highest BCUT2D eigenvalue weighted by molar-refractivity contribution is 5.97. The van der Waals surface area contributed by atoms with Gasteiger partial charge in [-0.2, -0.15) is 4.98 Å². The summed E-state index contributed by atoms with van der Waals surface area (Å²) in [5, 5.41) is 6.70. The van der Waals surface area contributed by atoms with Crippen molar-refractivity contribution in [2.24, 2.45) is 0 Å². The quantitative estimate of drug-likeness (QED) is 0.291. The molecule has 5 rings (SSSR count). The molecular weight excluding hydrogens is 525 g/mol. The van der Waals surface area contributed by atoms with E-state index in [2.05, 4.69) is 20.4 Å². The highest BCUT2D eigenvalue weighted by atomic mass is 19.1. The second-order valence-electron chi connectivity index (χ2n) is 9.86. The molecule has 2 amide bonds. The molecule has 41 heavy (non-hydrogen) atoms. The Morgan fingerprint density at radius 2 is 1.71 bits per heavy atom. The molecule has 212 valence electrons. The Morgan fingerprint density at radius 3 is 2.41 bits per heavy atom. The molecule has 2 heterocycles. The lowest BCUT2D eigenvalue weighted by Crippen LogP contribution is -2.54. The third-order valence-corrected chi connectivity index (χ3v) is 6.95. The second-order valence-corrected chi connectivity index (χ2v) is 9.86. The van der Waals surface area contributed by atoms with Crippen molar-refractivity contribution in [3.05, 3.63) is 90.2 Å². The molecular formula is C31H32FN5O4. The number of ether oxygens (including phenoxy) is 1. The summed E-state index contributed by atoms with van der Waals surface area (Å²) >= 11 is 0. The zero-order chi connectivity index (χ0) is 28.6. The van der Waals surface area contributed by atoms with Crippen LogP contribution in [0.5, 0.6) is 5.75 Å². The first kappa shape index (κ1) is 28.0. The number of aromatic nitrogens is 2. The zero-order valence-electron chi connectivity index (χ0n) is 22.8. The number of hydrogen-bond donors (Lipinski definition) is 1. The van der Waals surface area contributed by atoms with Gasteiger partial charge in [0.25, 0.3) is 11.8 Å². The third-order valence-electron chi connectivity index (χ3n) is 6.95. The van der Waals surface area contributed by atoms with Crippen molar-refractivity contribution in [1.29, 1.82) is 0 Å². The molecule has 9 nitrogen and oxygen atoms in total. The third kappa shape index (κ3) is 7.15. The molecule has 0 saturated carbocycles. The summed E-state index contributed by atoms with van der Waals surface area (Å²) in [5.74, 6) is 0.109. The van der Waals surface area contributed by atoms with E-state index < -0.39 is 11.9 Å². The number of halogens is 1. The Kier molecular flexibility index (Phi) is 9.00. The molecule has 0 aliphatic carbocycles. The minimum absolute atomic E-state index is 0.0835. The van der Waals surface area contributed by atoms with Gasteiger partial charge in [-0.25, -0.2) is 4.39 Å². The highest BCUT2D eigenvalue weighted by Gasteiger charge is 2.26. The number of benzene rings is 3. The lowest BCUT2D eigenvalue weighted by atomic mass is 10.2. The van der Waals surface area contributed by atoms with Crippen molar-refractivity contribution in [1.82, 2.24) is 25.3 Å². The first-order valence-corrected chi connectivity index (χ1v) is 13.7. The first-order valence-electron chi connectivity index (χ1n) is 13.7. The molecule has 4 aromatic rings. The maximum atomic E-state index is 14.8. The minimum atomic E-state index is -0.597. The fraction of sp³-hybridized carbons (Fsp3) is 0.290. The average molecular weight is 558 g/mol. The predicted molar refractivity (Wildman–Crippen MR) is 152 cm³/mol. The van der Waals surface area contributed by atoms with E-state index in [1.54, 1.807) is 48.2 Å². The van der Waals surface area contributed by atoms with Crippen LogP contribution in [0.1, 0.15) is 23.7 Å². The van der Waals surface area contributed by atoms with Gasteiger partial charge >= 0.3 is 0 Å². The molecule has 10 heteroatoms. The van der Waals surface area contributed by atoms with Crippen molar-refractivity contribution >= 4 is 11.8 Å². The van der Waals surface area contributed by atoms with E-state index in [-0.39, 0.29) is 23.2 Å². The largest absolute Gasteiger partial charge is 0.493 e. The van der Waals surface area contributed by atoms with Crippen molar-refractivity contribution in [3.8, 4) is 28.6 Å². The number of piperazine rings is 1. The molecule has 0 spiro atoms. The van der Waals surface area contributed by atoms with Crippen LogP contribution in [0.4, 0.5) is 4.39 Å². The molecule has 0 bridgehead atoms. The van der Waals surface area contributed by atoms with Crippen LogP contribution in [0.3, 0.4) is 0 Å². The van der Waals surface area contributed by atoms with E-state index in [4.69, 9.17) is 9.26 Å². The number of nitrogens with zero attached hydrogens (tertiary/aromatic N) is 4. The van der Waals surface area contributed by atoms with Crippen LogP contribution in [0, 0.1) is 5.82 Å². The maximum Gasteiger partial charge on any atom is 0.258 e. The zero-order valence-corrected chi connectivity index (χ0v) is 22.8. The van der Waals surface area contributed by atoms with Crippen LogP contribution in [-0.2, 0) is 4.79 Å². The number of rotatable bonds is 10. The lowest BCUT2D eigenvalue weighted by molar-refractivity contribution is -0.134. The molecule has 3 aromatic carbocycles. The smallest absolute Gasteiger partial charge is 0.258 e. The number of carbonyl (C=O) groups excluding carboxylic acids is 2. The van der Waals surface area contributed by atoms with Gasteiger partial charge in [0, 0.05) is 49.9 Å². The summed E-state index contributed by atoms with van der Waals surface area (Å²) in [7, 11) is 0. The Balaban J connectivity index is 1.03. The van der Waals surface area contributed by atoms with E-state index in [1.807, 2.05) is 36.4 Å². The Hall–Kier alpha value is -4.57. The first-order chi connectivity index (χ1) is 20.0. The van der Waals surface area contributed by atoms with Gasteiger partial charge in [-0.05, 0) is 49.7 Å². The van der Waals surface area contributed by atoms with Crippen LogP contribution in [0.15, 0.2) is 83.4 Å². The molecule has 1 N–H and O–H groups in total. The van der Waals surface area contributed by atoms with Gasteiger partial charge in [0.05, 0.1) is 12.2 Å². The maximum absolute atomic E-state index is 14.8. The molecule has 1 aliphatic heterocycles. The van der Waals surface area contributed by atoms with Gasteiger partial charge in [-0.1, -0.05) is 41.6 Å². The van der Waals surface area contributed by atoms with Crippen LogP contribution >= 0.6 is 0 Å². The van der Waals surface area contributed by atoms with E-state index in [1.165, 1.54) is 6.07 Å². The molecule has 0 radical (unpaired) electrons. The predicted octanol–water partition coefficient (Wildman–Crippen LogP) is 4.27. The second kappa shape index (κ2) is 13.2. The van der Waals surface area contributed by atoms with Gasteiger partial charge < -0.3 is 19.5 Å². The molecule has 1 saturated heterocycles. The molecule has 1 aromatic heterocycles. The van der Waals surface area contributed by atoms with E-state index >= 15 is 0 Å². The minimum Gasteiger partial charge on any atom is -0.493 e. The monoisotopic (exact) mass is 557 g/mol. The van der Waals surface area contributed by atoms with Crippen molar-refractivity contribution < 1.29 is 23.2 Å². The van der Waals surface area contributed by atoms with Crippen LogP contribution in [0.2, 0.25) is 0 Å². The molecule has 1 atom stereocenters. The standard InChI is InChI=1S/C31H32FN5O4/c1-22(33-29(38)23-9-4-2-5-10-23)31(39)37-18-16-36(17-19-37)15-8-20-40-25-13-14-26(27(32)21-25)28-34-30(41-35-28)24-11-6-3-7-12-24/h2-7,9-14,21-22H,8,15-20H2,1H3,(H,33,38)/t22-/m1/s1. The normalized spacial score (nSPS) is 14.4.